The lowest BCUT2D eigenvalue weighted by molar-refractivity contribution is 0.299. The second-order valence-corrected chi connectivity index (χ2v) is 5.01. The SMILES string of the molecule is Cc1ccc(CNc2ccc(CCO)cc2)cc1Cl. The molecule has 0 amide bonds. The van der Waals surface area contributed by atoms with E-state index in [1.165, 1.54) is 0 Å². The molecule has 2 nitrogen and oxygen atoms in total. The van der Waals surface area contributed by atoms with Gasteiger partial charge in [0.1, 0.15) is 0 Å². The molecule has 0 bridgehead atoms. The number of anilines is 1. The van der Waals surface area contributed by atoms with E-state index in [0.29, 0.717) is 6.42 Å². The first-order chi connectivity index (χ1) is 9.19. The largest absolute Gasteiger partial charge is 0.396 e. The van der Waals surface area contributed by atoms with Crippen molar-refractivity contribution < 1.29 is 5.11 Å². The van der Waals surface area contributed by atoms with Crippen molar-refractivity contribution >= 4 is 17.3 Å². The summed E-state index contributed by atoms with van der Waals surface area (Å²) in [7, 11) is 0. The molecule has 0 atom stereocenters. The molecule has 0 aliphatic carbocycles. The minimum Gasteiger partial charge on any atom is -0.396 e. The molecule has 2 aromatic carbocycles. The van der Waals surface area contributed by atoms with E-state index < -0.39 is 0 Å². The van der Waals surface area contributed by atoms with Crippen molar-refractivity contribution in [2.24, 2.45) is 0 Å². The van der Waals surface area contributed by atoms with Crippen LogP contribution in [0.15, 0.2) is 42.5 Å². The van der Waals surface area contributed by atoms with Gasteiger partial charge in [-0.1, -0.05) is 35.9 Å². The first-order valence-electron chi connectivity index (χ1n) is 6.38. The number of benzene rings is 2. The second-order valence-electron chi connectivity index (χ2n) is 4.61. The van der Waals surface area contributed by atoms with Crippen molar-refractivity contribution in [2.75, 3.05) is 11.9 Å². The summed E-state index contributed by atoms with van der Waals surface area (Å²) < 4.78 is 0. The van der Waals surface area contributed by atoms with Gasteiger partial charge in [0.25, 0.3) is 0 Å². The molecule has 0 aliphatic rings. The Morgan fingerprint density at radius 2 is 1.74 bits per heavy atom. The van der Waals surface area contributed by atoms with Crippen molar-refractivity contribution in [3.8, 4) is 0 Å². The molecule has 2 N–H and O–H groups in total. The van der Waals surface area contributed by atoms with Crippen LogP contribution >= 0.6 is 11.6 Å². The highest BCUT2D eigenvalue weighted by Crippen LogP contribution is 2.18. The summed E-state index contributed by atoms with van der Waals surface area (Å²) in [6, 6.07) is 14.2. The van der Waals surface area contributed by atoms with Crippen molar-refractivity contribution in [2.45, 2.75) is 19.9 Å². The summed E-state index contributed by atoms with van der Waals surface area (Å²) >= 11 is 6.10. The van der Waals surface area contributed by atoms with Gasteiger partial charge < -0.3 is 10.4 Å². The van der Waals surface area contributed by atoms with Crippen molar-refractivity contribution in [3.63, 3.8) is 0 Å². The maximum Gasteiger partial charge on any atom is 0.0471 e. The molecule has 0 heterocycles. The van der Waals surface area contributed by atoms with Gasteiger partial charge in [0.15, 0.2) is 0 Å². The Morgan fingerprint density at radius 3 is 2.37 bits per heavy atom. The molecule has 0 aromatic heterocycles. The number of hydrogen-bond acceptors (Lipinski definition) is 2. The fourth-order valence-corrected chi connectivity index (χ4v) is 2.07. The van der Waals surface area contributed by atoms with E-state index in [1.807, 2.05) is 43.3 Å². The van der Waals surface area contributed by atoms with Crippen LogP contribution in [0, 0.1) is 6.92 Å². The average molecular weight is 276 g/mol. The number of nitrogens with one attached hydrogen (secondary N) is 1. The van der Waals surface area contributed by atoms with Crippen LogP contribution in [0.4, 0.5) is 5.69 Å². The van der Waals surface area contributed by atoms with E-state index in [-0.39, 0.29) is 6.61 Å². The standard InChI is InChI=1S/C16H18ClNO/c1-12-2-3-14(10-16(12)17)11-18-15-6-4-13(5-7-15)8-9-19/h2-7,10,18-19H,8-9,11H2,1H3. The molecular formula is C16H18ClNO. The summed E-state index contributed by atoms with van der Waals surface area (Å²) in [4.78, 5) is 0. The highest BCUT2D eigenvalue weighted by Gasteiger charge is 1.99. The highest BCUT2D eigenvalue weighted by atomic mass is 35.5. The van der Waals surface area contributed by atoms with Gasteiger partial charge in [0, 0.05) is 23.9 Å². The summed E-state index contributed by atoms with van der Waals surface area (Å²) in [6.45, 7) is 2.94. The maximum absolute atomic E-state index is 8.86. The number of aliphatic hydroxyl groups is 1. The third-order valence-corrected chi connectivity index (χ3v) is 3.49. The molecule has 19 heavy (non-hydrogen) atoms. The molecule has 0 fully saturated rings. The van der Waals surface area contributed by atoms with Crippen molar-refractivity contribution in [3.05, 3.63) is 64.2 Å². The van der Waals surface area contributed by atoms with Gasteiger partial charge in [0.2, 0.25) is 0 Å². The van der Waals surface area contributed by atoms with Crippen LogP contribution < -0.4 is 5.32 Å². The van der Waals surface area contributed by atoms with E-state index in [1.54, 1.807) is 0 Å². The van der Waals surface area contributed by atoms with Gasteiger partial charge in [-0.05, 0) is 48.2 Å². The van der Waals surface area contributed by atoms with Crippen molar-refractivity contribution in [1.82, 2.24) is 0 Å². The van der Waals surface area contributed by atoms with Crippen LogP contribution in [0.5, 0.6) is 0 Å². The summed E-state index contributed by atoms with van der Waals surface area (Å²) in [6.07, 6.45) is 0.702. The third kappa shape index (κ3) is 3.98. The molecule has 0 saturated carbocycles. The smallest absolute Gasteiger partial charge is 0.0471 e. The molecule has 0 saturated heterocycles. The van der Waals surface area contributed by atoms with Gasteiger partial charge in [-0.3, -0.25) is 0 Å². The normalized spacial score (nSPS) is 10.5. The quantitative estimate of drug-likeness (QED) is 0.870. The fourth-order valence-electron chi connectivity index (χ4n) is 1.87. The Labute approximate surface area is 119 Å². The number of aryl methyl sites for hydroxylation is 1. The van der Waals surface area contributed by atoms with Crippen LogP contribution in [-0.4, -0.2) is 11.7 Å². The number of hydrogen-bond donors (Lipinski definition) is 2. The van der Waals surface area contributed by atoms with Crippen LogP contribution in [0.25, 0.3) is 0 Å². The molecule has 0 aliphatic heterocycles. The maximum atomic E-state index is 8.86. The minimum atomic E-state index is 0.189. The number of rotatable bonds is 5. The van der Waals surface area contributed by atoms with Gasteiger partial charge in [-0.25, -0.2) is 0 Å². The molecule has 2 aromatic rings. The summed E-state index contributed by atoms with van der Waals surface area (Å²) in [5.74, 6) is 0. The Balaban J connectivity index is 1.96. The van der Waals surface area contributed by atoms with Crippen LogP contribution in [0.1, 0.15) is 16.7 Å². The molecule has 0 radical (unpaired) electrons. The zero-order valence-corrected chi connectivity index (χ0v) is 11.7. The summed E-state index contributed by atoms with van der Waals surface area (Å²) in [5, 5.41) is 13.0. The Kier molecular flexibility index (Phi) is 4.83. The topological polar surface area (TPSA) is 32.3 Å². The first kappa shape index (κ1) is 13.9. The Bertz CT molecular complexity index is 537. The van der Waals surface area contributed by atoms with Crippen LogP contribution in [0.3, 0.4) is 0 Å². The molecule has 2 rings (SSSR count). The fraction of sp³-hybridized carbons (Fsp3) is 0.250. The summed E-state index contributed by atoms with van der Waals surface area (Å²) in [5.41, 5.74) is 4.47. The van der Waals surface area contributed by atoms with Gasteiger partial charge in [-0.2, -0.15) is 0 Å². The van der Waals surface area contributed by atoms with Gasteiger partial charge >= 0.3 is 0 Å². The van der Waals surface area contributed by atoms with E-state index >= 15 is 0 Å². The third-order valence-electron chi connectivity index (χ3n) is 3.09. The molecule has 100 valence electrons. The lowest BCUT2D eigenvalue weighted by Gasteiger charge is -2.08. The molecular weight excluding hydrogens is 258 g/mol. The molecule has 3 heteroatoms. The highest BCUT2D eigenvalue weighted by molar-refractivity contribution is 6.31. The molecule has 0 spiro atoms. The molecule has 0 unspecified atom stereocenters. The van der Waals surface area contributed by atoms with E-state index in [0.717, 1.165) is 33.9 Å². The average Bonchev–Trinajstić information content (AvgIpc) is 2.42. The predicted octanol–water partition coefficient (Wildman–Crippen LogP) is 3.80. The van der Waals surface area contributed by atoms with E-state index in [9.17, 15) is 0 Å². The number of halogens is 1. The minimum absolute atomic E-state index is 0.189. The predicted molar refractivity (Wildman–Crippen MR) is 80.7 cm³/mol. The first-order valence-corrected chi connectivity index (χ1v) is 6.75. The number of aliphatic hydroxyl groups excluding tert-OH is 1. The van der Waals surface area contributed by atoms with E-state index in [4.69, 9.17) is 16.7 Å². The lowest BCUT2D eigenvalue weighted by atomic mass is 10.1. The Hall–Kier alpha value is -1.51. The second kappa shape index (κ2) is 6.60. The van der Waals surface area contributed by atoms with Crippen LogP contribution in [-0.2, 0) is 13.0 Å². The van der Waals surface area contributed by atoms with Gasteiger partial charge in [-0.15, -0.1) is 0 Å². The zero-order valence-electron chi connectivity index (χ0n) is 11.0. The zero-order chi connectivity index (χ0) is 13.7. The van der Waals surface area contributed by atoms with Crippen molar-refractivity contribution in [1.29, 1.82) is 0 Å². The lowest BCUT2D eigenvalue weighted by Crippen LogP contribution is -2.00. The van der Waals surface area contributed by atoms with Crippen LogP contribution in [0.2, 0.25) is 5.02 Å². The van der Waals surface area contributed by atoms with Gasteiger partial charge in [0.05, 0.1) is 0 Å². The monoisotopic (exact) mass is 275 g/mol. The van der Waals surface area contributed by atoms with E-state index in [2.05, 4.69) is 11.4 Å². The Morgan fingerprint density at radius 1 is 1.05 bits per heavy atom.